The summed E-state index contributed by atoms with van der Waals surface area (Å²) in [5, 5.41) is 0. The Bertz CT molecular complexity index is 328. The molecular weight excluding hydrogens is 292 g/mol. The molecule has 0 spiro atoms. The summed E-state index contributed by atoms with van der Waals surface area (Å²) in [6.45, 7) is 3.42. The predicted molar refractivity (Wildman–Crippen MR) is 54.3 cm³/mol. The van der Waals surface area contributed by atoms with Gasteiger partial charge in [-0.05, 0) is 46.4 Å². The van der Waals surface area contributed by atoms with Crippen LogP contribution < -0.4 is 0 Å². The van der Waals surface area contributed by atoms with Gasteiger partial charge in [0, 0.05) is 3.57 Å². The van der Waals surface area contributed by atoms with Crippen molar-refractivity contribution >= 4 is 28.7 Å². The third-order valence-corrected chi connectivity index (χ3v) is 2.11. The molecule has 0 fully saturated rings. The summed E-state index contributed by atoms with van der Waals surface area (Å²) in [5.74, 6) is 0. The van der Waals surface area contributed by atoms with Crippen LogP contribution in [0.1, 0.15) is 11.1 Å². The van der Waals surface area contributed by atoms with Gasteiger partial charge in [0.25, 0.3) is 0 Å². The molecule has 0 nitrogen and oxygen atoms in total. The highest BCUT2D eigenvalue weighted by molar-refractivity contribution is 14.1. The fourth-order valence-corrected chi connectivity index (χ4v) is 1.59. The van der Waals surface area contributed by atoms with Gasteiger partial charge >= 0.3 is 6.18 Å². The van der Waals surface area contributed by atoms with Crippen molar-refractivity contribution in [1.82, 2.24) is 0 Å². The summed E-state index contributed by atoms with van der Waals surface area (Å²) in [6.07, 6.45) is -2.88. The van der Waals surface area contributed by atoms with Gasteiger partial charge in [-0.1, -0.05) is 12.7 Å². The fourth-order valence-electron chi connectivity index (χ4n) is 0.894. The van der Waals surface area contributed by atoms with Crippen LogP contribution in [0.25, 0.3) is 6.08 Å². The largest absolute Gasteiger partial charge is 0.416 e. The van der Waals surface area contributed by atoms with E-state index in [4.69, 9.17) is 0 Å². The van der Waals surface area contributed by atoms with Gasteiger partial charge in [-0.3, -0.25) is 0 Å². The summed E-state index contributed by atoms with van der Waals surface area (Å²) >= 11 is 1.85. The van der Waals surface area contributed by atoms with E-state index in [1.54, 1.807) is 6.07 Å². The molecule has 70 valence electrons. The Kier molecular flexibility index (Phi) is 3.00. The Hall–Kier alpha value is -0.520. The van der Waals surface area contributed by atoms with Gasteiger partial charge in [-0.15, -0.1) is 0 Å². The predicted octanol–water partition coefficient (Wildman–Crippen LogP) is 3.95. The highest BCUT2D eigenvalue weighted by atomic mass is 127. The monoisotopic (exact) mass is 298 g/mol. The molecule has 0 aliphatic rings. The molecule has 0 bridgehead atoms. The zero-order valence-electron chi connectivity index (χ0n) is 6.53. The SMILES string of the molecule is C=Cc1cc(I)cc(C(F)(F)F)c1. The van der Waals surface area contributed by atoms with Crippen molar-refractivity contribution in [1.29, 1.82) is 0 Å². The highest BCUT2D eigenvalue weighted by Gasteiger charge is 2.30. The molecule has 0 amide bonds. The molecule has 0 aromatic heterocycles. The average molecular weight is 298 g/mol. The first-order chi connectivity index (χ1) is 5.93. The lowest BCUT2D eigenvalue weighted by atomic mass is 10.1. The maximum absolute atomic E-state index is 12.2. The van der Waals surface area contributed by atoms with Crippen LogP contribution in [0.15, 0.2) is 24.8 Å². The van der Waals surface area contributed by atoms with E-state index < -0.39 is 11.7 Å². The molecule has 1 aromatic carbocycles. The molecular formula is C9H6F3I. The Balaban J connectivity index is 3.24. The van der Waals surface area contributed by atoms with Crippen LogP contribution in [0.5, 0.6) is 0 Å². The maximum atomic E-state index is 12.2. The summed E-state index contributed by atoms with van der Waals surface area (Å²) < 4.78 is 37.3. The van der Waals surface area contributed by atoms with Crippen LogP contribution in [0.3, 0.4) is 0 Å². The van der Waals surface area contributed by atoms with E-state index in [-0.39, 0.29) is 0 Å². The van der Waals surface area contributed by atoms with E-state index in [0.717, 1.165) is 12.1 Å². The summed E-state index contributed by atoms with van der Waals surface area (Å²) in [6, 6.07) is 3.82. The first-order valence-corrected chi connectivity index (χ1v) is 4.51. The minimum atomic E-state index is -4.28. The lowest BCUT2D eigenvalue weighted by Crippen LogP contribution is -2.05. The molecule has 0 radical (unpaired) electrons. The van der Waals surface area contributed by atoms with Crippen molar-refractivity contribution in [3.8, 4) is 0 Å². The fraction of sp³-hybridized carbons (Fsp3) is 0.111. The maximum Gasteiger partial charge on any atom is 0.416 e. The number of hydrogen-bond donors (Lipinski definition) is 0. The minimum absolute atomic E-state index is 0.485. The van der Waals surface area contributed by atoms with Crippen LogP contribution in [-0.4, -0.2) is 0 Å². The topological polar surface area (TPSA) is 0 Å². The molecule has 13 heavy (non-hydrogen) atoms. The van der Waals surface area contributed by atoms with E-state index >= 15 is 0 Å². The Morgan fingerprint density at radius 1 is 1.23 bits per heavy atom. The molecule has 4 heteroatoms. The molecule has 0 atom stereocenters. The second kappa shape index (κ2) is 3.69. The Morgan fingerprint density at radius 3 is 2.31 bits per heavy atom. The van der Waals surface area contributed by atoms with Gasteiger partial charge in [-0.25, -0.2) is 0 Å². The van der Waals surface area contributed by atoms with Gasteiger partial charge in [0.2, 0.25) is 0 Å². The first kappa shape index (κ1) is 10.6. The molecule has 1 rings (SSSR count). The van der Waals surface area contributed by atoms with Crippen LogP contribution in [0, 0.1) is 3.57 Å². The van der Waals surface area contributed by atoms with Crippen molar-refractivity contribution in [2.45, 2.75) is 6.18 Å². The van der Waals surface area contributed by atoms with Crippen molar-refractivity contribution in [2.75, 3.05) is 0 Å². The second-order valence-electron chi connectivity index (χ2n) is 2.48. The van der Waals surface area contributed by atoms with Gasteiger partial charge in [0.05, 0.1) is 5.56 Å². The lowest BCUT2D eigenvalue weighted by Gasteiger charge is -2.07. The van der Waals surface area contributed by atoms with Gasteiger partial charge in [0.15, 0.2) is 0 Å². The van der Waals surface area contributed by atoms with Crippen molar-refractivity contribution in [3.05, 3.63) is 39.5 Å². The molecule has 0 N–H and O–H groups in total. The summed E-state index contributed by atoms with van der Waals surface area (Å²) in [4.78, 5) is 0. The van der Waals surface area contributed by atoms with E-state index in [2.05, 4.69) is 6.58 Å². The zero-order chi connectivity index (χ0) is 10.1. The molecule has 0 aliphatic heterocycles. The Morgan fingerprint density at radius 2 is 1.85 bits per heavy atom. The van der Waals surface area contributed by atoms with Gasteiger partial charge < -0.3 is 0 Å². The van der Waals surface area contributed by atoms with Gasteiger partial charge in [0.1, 0.15) is 0 Å². The standard InChI is InChI=1S/C9H6F3I/c1-2-6-3-7(9(10,11)12)5-8(13)4-6/h2-5H,1H2. The number of rotatable bonds is 1. The number of benzene rings is 1. The van der Waals surface area contributed by atoms with Crippen molar-refractivity contribution < 1.29 is 13.2 Å². The minimum Gasteiger partial charge on any atom is -0.166 e. The molecule has 0 aliphatic carbocycles. The van der Waals surface area contributed by atoms with Crippen molar-refractivity contribution in [3.63, 3.8) is 0 Å². The third-order valence-electron chi connectivity index (χ3n) is 1.48. The van der Waals surface area contributed by atoms with Crippen LogP contribution in [0.4, 0.5) is 13.2 Å². The van der Waals surface area contributed by atoms with Crippen LogP contribution in [-0.2, 0) is 6.18 Å². The zero-order valence-corrected chi connectivity index (χ0v) is 8.69. The number of alkyl halides is 3. The number of halogens is 4. The molecule has 0 unspecified atom stereocenters. The molecule has 0 saturated carbocycles. The van der Waals surface area contributed by atoms with E-state index in [1.165, 1.54) is 6.08 Å². The highest BCUT2D eigenvalue weighted by Crippen LogP contribution is 2.31. The van der Waals surface area contributed by atoms with Crippen LogP contribution >= 0.6 is 22.6 Å². The quantitative estimate of drug-likeness (QED) is 0.689. The van der Waals surface area contributed by atoms with Gasteiger partial charge in [-0.2, -0.15) is 13.2 Å². The smallest absolute Gasteiger partial charge is 0.166 e. The van der Waals surface area contributed by atoms with E-state index in [9.17, 15) is 13.2 Å². The molecule has 1 aromatic rings. The molecule has 0 saturated heterocycles. The van der Waals surface area contributed by atoms with E-state index in [1.807, 2.05) is 22.6 Å². The third kappa shape index (κ3) is 2.72. The first-order valence-electron chi connectivity index (χ1n) is 3.43. The molecule has 0 heterocycles. The average Bonchev–Trinajstić information content (AvgIpc) is 2.01. The Labute approximate surface area is 87.6 Å². The normalized spacial score (nSPS) is 11.4. The summed E-state index contributed by atoms with van der Waals surface area (Å²) in [5.41, 5.74) is -0.145. The lowest BCUT2D eigenvalue weighted by molar-refractivity contribution is -0.137. The number of hydrogen-bond acceptors (Lipinski definition) is 0. The second-order valence-corrected chi connectivity index (χ2v) is 3.72. The van der Waals surface area contributed by atoms with Crippen molar-refractivity contribution in [2.24, 2.45) is 0 Å². The van der Waals surface area contributed by atoms with Crippen LogP contribution in [0.2, 0.25) is 0 Å². The van der Waals surface area contributed by atoms with E-state index in [0.29, 0.717) is 9.13 Å². The summed E-state index contributed by atoms with van der Waals surface area (Å²) in [7, 11) is 0.